The van der Waals surface area contributed by atoms with Crippen molar-refractivity contribution in [3.63, 3.8) is 0 Å². The van der Waals surface area contributed by atoms with Gasteiger partial charge in [0.05, 0.1) is 5.69 Å². The lowest BCUT2D eigenvalue weighted by Crippen LogP contribution is -2.44. The standard InChI is InChI=1S/C13H20BrFN2O2S/c1-13(2,3)20(19)17-12(9(15)7-8-18)10-5-4-6-11(14)16-10/h4-6,9,12,17-18H,7-8H2,1-3H3/t9?,12-,20-/m1/s1. The summed E-state index contributed by atoms with van der Waals surface area (Å²) in [5.74, 6) is 0. The van der Waals surface area contributed by atoms with E-state index in [4.69, 9.17) is 5.11 Å². The molecule has 1 aromatic rings. The minimum absolute atomic E-state index is 0.0345. The average molecular weight is 367 g/mol. The maximum Gasteiger partial charge on any atom is 0.136 e. The van der Waals surface area contributed by atoms with Crippen LogP contribution in [0.1, 0.15) is 38.9 Å². The minimum atomic E-state index is -1.43. The van der Waals surface area contributed by atoms with Crippen molar-refractivity contribution < 1.29 is 14.0 Å². The van der Waals surface area contributed by atoms with E-state index in [2.05, 4.69) is 25.6 Å². The second kappa shape index (κ2) is 7.70. The van der Waals surface area contributed by atoms with Gasteiger partial charge in [0.2, 0.25) is 0 Å². The van der Waals surface area contributed by atoms with Crippen LogP contribution in [0.2, 0.25) is 0 Å². The molecular formula is C13H20BrFN2O2S. The second-order valence-electron chi connectivity index (χ2n) is 5.39. The van der Waals surface area contributed by atoms with Crippen molar-refractivity contribution in [2.75, 3.05) is 6.61 Å². The lowest BCUT2D eigenvalue weighted by molar-refractivity contribution is 0.190. The van der Waals surface area contributed by atoms with E-state index in [1.54, 1.807) is 39.0 Å². The average Bonchev–Trinajstić information content (AvgIpc) is 2.34. The summed E-state index contributed by atoms with van der Waals surface area (Å²) < 4.78 is 29.3. The molecule has 4 nitrogen and oxygen atoms in total. The molecule has 0 aliphatic heterocycles. The number of rotatable bonds is 6. The number of hydrogen-bond acceptors (Lipinski definition) is 4. The summed E-state index contributed by atoms with van der Waals surface area (Å²) in [6, 6.07) is 4.33. The van der Waals surface area contributed by atoms with E-state index in [0.717, 1.165) is 0 Å². The van der Waals surface area contributed by atoms with Gasteiger partial charge in [-0.3, -0.25) is 0 Å². The van der Waals surface area contributed by atoms with Crippen LogP contribution < -0.4 is 4.72 Å². The van der Waals surface area contributed by atoms with Gasteiger partial charge in [-0.15, -0.1) is 4.72 Å². The topological polar surface area (TPSA) is 68.2 Å². The van der Waals surface area contributed by atoms with Gasteiger partial charge in [-0.25, -0.2) is 9.37 Å². The lowest BCUT2D eigenvalue weighted by atomic mass is 10.1. The summed E-state index contributed by atoms with van der Waals surface area (Å²) in [4.78, 5) is 4.21. The Balaban J connectivity index is 2.97. The maximum atomic E-state index is 14.2. The number of aromatic nitrogens is 1. The smallest absolute Gasteiger partial charge is 0.136 e. The van der Waals surface area contributed by atoms with Crippen molar-refractivity contribution in [1.29, 1.82) is 0 Å². The Bertz CT molecular complexity index is 431. The van der Waals surface area contributed by atoms with Gasteiger partial charge in [0.25, 0.3) is 0 Å². The molecule has 0 fully saturated rings. The van der Waals surface area contributed by atoms with Crippen molar-refractivity contribution >= 4 is 27.3 Å². The second-order valence-corrected chi connectivity index (χ2v) is 8.20. The van der Waals surface area contributed by atoms with Gasteiger partial charge in [-0.05, 0) is 48.8 Å². The predicted octanol–water partition coefficient (Wildman–Crippen LogP) is 2.66. The molecule has 2 N–H and O–H groups in total. The molecule has 0 saturated heterocycles. The molecule has 0 aliphatic carbocycles. The number of hydrogen-bond donors (Lipinski definition) is 2. The van der Waals surface area contributed by atoms with Crippen LogP contribution in [-0.4, -0.2) is 32.2 Å². The Hall–Kier alpha value is -0.210. The molecule has 0 saturated carbocycles. The van der Waals surface area contributed by atoms with Gasteiger partial charge in [-0.2, -0.15) is 0 Å². The summed E-state index contributed by atoms with van der Waals surface area (Å²) in [5, 5.41) is 8.91. The van der Waals surface area contributed by atoms with Crippen LogP contribution in [0.4, 0.5) is 4.39 Å². The van der Waals surface area contributed by atoms with Gasteiger partial charge in [0.1, 0.15) is 21.6 Å². The molecule has 1 rings (SSSR count). The van der Waals surface area contributed by atoms with Crippen LogP contribution in [-0.2, 0) is 11.4 Å². The van der Waals surface area contributed by atoms with Crippen LogP contribution in [0.25, 0.3) is 0 Å². The maximum absolute atomic E-state index is 14.2. The van der Waals surface area contributed by atoms with Gasteiger partial charge in [0.15, 0.2) is 0 Å². The van der Waals surface area contributed by atoms with E-state index in [1.165, 1.54) is 0 Å². The zero-order valence-electron chi connectivity index (χ0n) is 11.8. The third-order valence-corrected chi connectivity index (χ3v) is 4.63. The molecule has 7 heteroatoms. The van der Waals surface area contributed by atoms with E-state index < -0.39 is 28.3 Å². The van der Waals surface area contributed by atoms with Crippen molar-refractivity contribution in [3.05, 3.63) is 28.5 Å². The number of nitrogens with zero attached hydrogens (tertiary/aromatic N) is 1. The highest BCUT2D eigenvalue weighted by Crippen LogP contribution is 2.25. The number of pyridine rings is 1. The van der Waals surface area contributed by atoms with E-state index >= 15 is 0 Å². The van der Waals surface area contributed by atoms with Gasteiger partial charge in [-0.1, -0.05) is 6.07 Å². The van der Waals surface area contributed by atoms with E-state index in [1.807, 2.05) is 0 Å². The summed E-state index contributed by atoms with van der Waals surface area (Å²) in [6.07, 6.45) is -1.40. The first-order valence-electron chi connectivity index (χ1n) is 6.31. The third-order valence-electron chi connectivity index (χ3n) is 2.61. The highest BCUT2D eigenvalue weighted by molar-refractivity contribution is 9.10. The molecule has 0 bridgehead atoms. The molecule has 0 aliphatic rings. The quantitative estimate of drug-likeness (QED) is 0.599. The van der Waals surface area contributed by atoms with Crippen molar-refractivity contribution in [2.45, 2.75) is 44.2 Å². The SMILES string of the molecule is CC(C)(C)[S@@+]([O-])N[C@@H](c1cccc(Br)n1)C(F)CCO. The fourth-order valence-electron chi connectivity index (χ4n) is 1.50. The molecule has 114 valence electrons. The van der Waals surface area contributed by atoms with Crippen molar-refractivity contribution in [3.8, 4) is 0 Å². The Kier molecular flexibility index (Phi) is 6.87. The number of aliphatic hydroxyl groups excluding tert-OH is 1. The van der Waals surface area contributed by atoms with Crippen molar-refractivity contribution in [2.24, 2.45) is 0 Å². The van der Waals surface area contributed by atoms with Gasteiger partial charge in [0, 0.05) is 24.4 Å². The molecule has 1 unspecified atom stereocenters. The first-order valence-corrected chi connectivity index (χ1v) is 8.25. The molecule has 1 heterocycles. The summed E-state index contributed by atoms with van der Waals surface area (Å²) in [7, 11) is 0. The fraction of sp³-hybridized carbons (Fsp3) is 0.615. The first kappa shape index (κ1) is 17.8. The molecule has 1 aromatic heterocycles. The number of nitrogens with one attached hydrogen (secondary N) is 1. The zero-order chi connectivity index (χ0) is 15.3. The molecule has 3 atom stereocenters. The van der Waals surface area contributed by atoms with Crippen LogP contribution in [0.3, 0.4) is 0 Å². The summed E-state index contributed by atoms with van der Waals surface area (Å²) in [5.41, 5.74) is 0.456. The Morgan fingerprint density at radius 3 is 2.65 bits per heavy atom. The molecule has 0 radical (unpaired) electrons. The van der Waals surface area contributed by atoms with Crippen LogP contribution in [0.15, 0.2) is 22.8 Å². The number of halogens is 2. The Morgan fingerprint density at radius 1 is 1.50 bits per heavy atom. The van der Waals surface area contributed by atoms with Gasteiger partial charge >= 0.3 is 0 Å². The normalized spacial score (nSPS) is 16.8. The lowest BCUT2D eigenvalue weighted by Gasteiger charge is -2.29. The van der Waals surface area contributed by atoms with E-state index in [0.29, 0.717) is 10.3 Å². The van der Waals surface area contributed by atoms with Crippen molar-refractivity contribution in [1.82, 2.24) is 9.71 Å². The summed E-state index contributed by atoms with van der Waals surface area (Å²) >= 11 is 1.81. The third kappa shape index (κ3) is 5.29. The highest BCUT2D eigenvalue weighted by atomic mass is 79.9. The predicted molar refractivity (Wildman–Crippen MR) is 82.3 cm³/mol. The minimum Gasteiger partial charge on any atom is -0.598 e. The summed E-state index contributed by atoms with van der Waals surface area (Å²) in [6.45, 7) is 5.15. The largest absolute Gasteiger partial charge is 0.598 e. The Labute approximate surface area is 130 Å². The monoisotopic (exact) mass is 366 g/mol. The zero-order valence-corrected chi connectivity index (χ0v) is 14.2. The van der Waals surface area contributed by atoms with Crippen LogP contribution >= 0.6 is 15.9 Å². The van der Waals surface area contributed by atoms with Crippen LogP contribution in [0.5, 0.6) is 0 Å². The molecule has 0 amide bonds. The number of aliphatic hydroxyl groups is 1. The molecule has 0 spiro atoms. The highest BCUT2D eigenvalue weighted by Gasteiger charge is 2.34. The number of alkyl halides is 1. The fourth-order valence-corrected chi connectivity index (χ4v) is 2.71. The Morgan fingerprint density at radius 2 is 2.15 bits per heavy atom. The molecule has 0 aromatic carbocycles. The van der Waals surface area contributed by atoms with E-state index in [-0.39, 0.29) is 13.0 Å². The van der Waals surface area contributed by atoms with Crippen LogP contribution in [0, 0.1) is 0 Å². The molecule has 20 heavy (non-hydrogen) atoms. The first-order chi connectivity index (χ1) is 9.25. The van der Waals surface area contributed by atoms with Gasteiger partial charge < -0.3 is 9.66 Å². The van der Waals surface area contributed by atoms with E-state index in [9.17, 15) is 8.94 Å². The molecular weight excluding hydrogens is 347 g/mol.